The fourth-order valence-electron chi connectivity index (χ4n) is 3.78. The van der Waals surface area contributed by atoms with E-state index >= 15 is 0 Å². The number of benzene rings is 1. The second kappa shape index (κ2) is 16.0. The lowest BCUT2D eigenvalue weighted by atomic mass is 10.2. The molecule has 3 rings (SSSR count). The van der Waals surface area contributed by atoms with Gasteiger partial charge in [0.25, 0.3) is 5.56 Å². The van der Waals surface area contributed by atoms with Gasteiger partial charge < -0.3 is 19.9 Å². The van der Waals surface area contributed by atoms with E-state index in [0.29, 0.717) is 12.0 Å². The lowest BCUT2D eigenvalue weighted by molar-refractivity contribution is -0.274. The molecule has 2 amide bonds. The number of rotatable bonds is 8. The number of ether oxygens (including phenoxy) is 1. The van der Waals surface area contributed by atoms with Crippen molar-refractivity contribution in [2.75, 3.05) is 19.6 Å². The summed E-state index contributed by atoms with van der Waals surface area (Å²) < 4.78 is 66.6. The molecule has 10 nitrogen and oxygen atoms in total. The summed E-state index contributed by atoms with van der Waals surface area (Å²) in [6.07, 6.45) is -2.38. The van der Waals surface area contributed by atoms with Gasteiger partial charge in [-0.2, -0.15) is 4.31 Å². The molecule has 0 saturated carbocycles. The van der Waals surface area contributed by atoms with Crippen LogP contribution < -0.4 is 15.6 Å². The molecule has 1 atom stereocenters. The molecule has 224 valence electrons. The number of sulfonamides is 1. The summed E-state index contributed by atoms with van der Waals surface area (Å²) >= 11 is 0. The number of piperazine rings is 1. The van der Waals surface area contributed by atoms with Crippen molar-refractivity contribution in [1.29, 1.82) is 0 Å². The Labute approximate surface area is 232 Å². The summed E-state index contributed by atoms with van der Waals surface area (Å²) in [6.45, 7) is 10.1. The highest BCUT2D eigenvalue weighted by Gasteiger charge is 2.35. The number of amides is 2. The van der Waals surface area contributed by atoms with E-state index < -0.39 is 28.2 Å². The van der Waals surface area contributed by atoms with Crippen LogP contribution >= 0.6 is 0 Å². The number of nitrogens with one attached hydrogen (secondary N) is 2. The summed E-state index contributed by atoms with van der Waals surface area (Å²) in [4.78, 5) is 37.0. The zero-order chi connectivity index (χ0) is 30.5. The SMILES string of the molecule is CC.CC(=O)N1CCN(S(=O)(=O)c2ccc(OC(F)(F)F)cc2)[C@@H](C)C1.CCCc1ccc(CNC=O)c(=O)[nH]1. The first-order valence-corrected chi connectivity index (χ1v) is 14.2. The van der Waals surface area contributed by atoms with E-state index in [0.717, 1.165) is 42.8 Å². The van der Waals surface area contributed by atoms with Crippen molar-refractivity contribution in [3.63, 3.8) is 0 Å². The van der Waals surface area contributed by atoms with Crippen LogP contribution in [0.1, 0.15) is 52.3 Å². The number of pyridine rings is 1. The predicted octanol–water partition coefficient (Wildman–Crippen LogP) is 3.43. The van der Waals surface area contributed by atoms with Crippen molar-refractivity contribution < 1.29 is 35.9 Å². The predicted molar refractivity (Wildman–Crippen MR) is 144 cm³/mol. The molecular weight excluding hydrogens is 553 g/mol. The van der Waals surface area contributed by atoms with Crippen LogP contribution in [0.25, 0.3) is 0 Å². The van der Waals surface area contributed by atoms with Crippen molar-refractivity contribution in [2.45, 2.75) is 71.3 Å². The van der Waals surface area contributed by atoms with E-state index in [1.165, 1.54) is 11.2 Å². The highest BCUT2D eigenvalue weighted by Crippen LogP contribution is 2.26. The molecule has 40 heavy (non-hydrogen) atoms. The highest BCUT2D eigenvalue weighted by molar-refractivity contribution is 7.89. The summed E-state index contributed by atoms with van der Waals surface area (Å²) in [6, 6.07) is 7.25. The second-order valence-electron chi connectivity index (χ2n) is 8.54. The van der Waals surface area contributed by atoms with E-state index in [1.54, 1.807) is 17.9 Å². The molecule has 1 saturated heterocycles. The van der Waals surface area contributed by atoms with Gasteiger partial charge in [0.15, 0.2) is 0 Å². The van der Waals surface area contributed by atoms with Crippen molar-refractivity contribution in [1.82, 2.24) is 19.5 Å². The Balaban J connectivity index is 0.000000425. The van der Waals surface area contributed by atoms with Gasteiger partial charge in [0, 0.05) is 50.4 Å². The van der Waals surface area contributed by atoms with Gasteiger partial charge in [-0.25, -0.2) is 8.42 Å². The molecule has 0 spiro atoms. The monoisotopic (exact) mass is 590 g/mol. The van der Waals surface area contributed by atoms with Crippen LogP contribution in [0.5, 0.6) is 5.75 Å². The van der Waals surface area contributed by atoms with Gasteiger partial charge in [0.2, 0.25) is 22.3 Å². The summed E-state index contributed by atoms with van der Waals surface area (Å²) in [5.74, 6) is -0.622. The smallest absolute Gasteiger partial charge is 0.406 e. The lowest BCUT2D eigenvalue weighted by Gasteiger charge is -2.38. The molecule has 1 aliphatic rings. The van der Waals surface area contributed by atoms with Gasteiger partial charge in [-0.3, -0.25) is 14.4 Å². The van der Waals surface area contributed by atoms with Crippen molar-refractivity contribution in [3.05, 3.63) is 58.0 Å². The summed E-state index contributed by atoms with van der Waals surface area (Å²) in [7, 11) is -3.86. The number of nitrogens with zero attached hydrogens (tertiary/aromatic N) is 2. The van der Waals surface area contributed by atoms with Crippen LogP contribution in [0.15, 0.2) is 46.1 Å². The second-order valence-corrected chi connectivity index (χ2v) is 10.4. The van der Waals surface area contributed by atoms with Crippen molar-refractivity contribution in [2.24, 2.45) is 0 Å². The fourth-order valence-corrected chi connectivity index (χ4v) is 5.40. The largest absolute Gasteiger partial charge is 0.573 e. The Morgan fingerprint density at radius 3 is 2.25 bits per heavy atom. The highest BCUT2D eigenvalue weighted by atomic mass is 32.2. The average molecular weight is 591 g/mol. The molecule has 0 bridgehead atoms. The molecule has 14 heteroatoms. The van der Waals surface area contributed by atoms with Crippen molar-refractivity contribution >= 4 is 22.3 Å². The Hall–Kier alpha value is -3.39. The molecule has 0 aliphatic carbocycles. The minimum absolute atomic E-state index is 0.120. The molecule has 1 aliphatic heterocycles. The van der Waals surface area contributed by atoms with E-state index in [1.807, 2.05) is 19.9 Å². The number of aromatic nitrogens is 1. The molecule has 0 radical (unpaired) electrons. The van der Waals surface area contributed by atoms with Crippen LogP contribution in [0.3, 0.4) is 0 Å². The number of carbonyl (C=O) groups is 2. The molecule has 2 N–H and O–H groups in total. The van der Waals surface area contributed by atoms with Crippen LogP contribution in [-0.2, 0) is 32.6 Å². The van der Waals surface area contributed by atoms with Crippen LogP contribution in [-0.4, -0.2) is 67.0 Å². The van der Waals surface area contributed by atoms with Crippen molar-refractivity contribution in [3.8, 4) is 5.75 Å². The molecular formula is C26H37F3N4O6S. The Morgan fingerprint density at radius 2 is 1.77 bits per heavy atom. The zero-order valence-electron chi connectivity index (χ0n) is 23.2. The minimum Gasteiger partial charge on any atom is -0.406 e. The third kappa shape index (κ3) is 10.6. The van der Waals surface area contributed by atoms with E-state index in [9.17, 15) is 36.0 Å². The third-order valence-corrected chi connectivity index (χ3v) is 7.65. The first-order chi connectivity index (χ1) is 18.8. The summed E-state index contributed by atoms with van der Waals surface area (Å²) in [5.41, 5.74) is 1.40. The molecule has 2 heterocycles. The van der Waals surface area contributed by atoms with Crippen LogP contribution in [0, 0.1) is 0 Å². The van der Waals surface area contributed by atoms with Gasteiger partial charge in [-0.05, 0) is 43.7 Å². The number of H-pyrrole nitrogens is 1. The Bertz CT molecular complexity index is 1250. The van der Waals surface area contributed by atoms with Gasteiger partial charge >= 0.3 is 6.36 Å². The maximum absolute atomic E-state index is 12.6. The number of hydrogen-bond donors (Lipinski definition) is 2. The average Bonchev–Trinajstić information content (AvgIpc) is 2.89. The Morgan fingerprint density at radius 1 is 1.15 bits per heavy atom. The molecule has 1 fully saturated rings. The fraction of sp³-hybridized carbons (Fsp3) is 0.500. The standard InChI is InChI=1S/C14H17F3N2O4S.C10H14N2O2.C2H6/c1-10-9-18(11(2)20)7-8-19(10)24(21,22)13-5-3-12(4-6-13)23-14(15,16)17;1-2-3-9-5-4-8(6-11-7-13)10(14)12-9;1-2/h3-6,10H,7-9H2,1-2H3;4-5,7H,2-3,6H2,1H3,(H,11,13)(H,12,14);1-2H3/t10-;;/m0../s1. The number of carbonyl (C=O) groups excluding carboxylic acids is 2. The number of hydrogen-bond acceptors (Lipinski definition) is 6. The van der Waals surface area contributed by atoms with Gasteiger partial charge in [0.1, 0.15) is 5.75 Å². The quantitative estimate of drug-likeness (QED) is 0.454. The number of aryl methyl sites for hydroxylation is 1. The molecule has 1 aromatic carbocycles. The topological polar surface area (TPSA) is 129 Å². The number of alkyl halides is 3. The minimum atomic E-state index is -4.84. The third-order valence-electron chi connectivity index (χ3n) is 5.62. The normalized spacial score (nSPS) is 15.6. The first-order valence-electron chi connectivity index (χ1n) is 12.8. The van der Waals surface area contributed by atoms with Crippen LogP contribution in [0.4, 0.5) is 13.2 Å². The van der Waals surface area contributed by atoms with Gasteiger partial charge in [-0.1, -0.05) is 33.3 Å². The van der Waals surface area contributed by atoms with Gasteiger partial charge in [-0.15, -0.1) is 13.2 Å². The molecule has 1 aromatic heterocycles. The summed E-state index contributed by atoms with van der Waals surface area (Å²) in [5, 5.41) is 2.46. The Kier molecular flexibility index (Phi) is 13.9. The number of aromatic amines is 1. The van der Waals surface area contributed by atoms with E-state index in [2.05, 4.69) is 22.0 Å². The van der Waals surface area contributed by atoms with Gasteiger partial charge in [0.05, 0.1) is 4.90 Å². The first kappa shape index (κ1) is 34.6. The molecule has 0 unspecified atom stereocenters. The lowest BCUT2D eigenvalue weighted by Crippen LogP contribution is -2.54. The maximum Gasteiger partial charge on any atom is 0.573 e. The molecule has 2 aromatic rings. The maximum atomic E-state index is 12.6. The zero-order valence-corrected chi connectivity index (χ0v) is 24.1. The van der Waals surface area contributed by atoms with E-state index in [-0.39, 0.29) is 42.5 Å². The van der Waals surface area contributed by atoms with E-state index in [4.69, 9.17) is 0 Å². The number of halogens is 3. The van der Waals surface area contributed by atoms with Crippen LogP contribution in [0.2, 0.25) is 0 Å².